The van der Waals surface area contributed by atoms with Gasteiger partial charge in [0, 0.05) is 66.1 Å². The van der Waals surface area contributed by atoms with E-state index in [4.69, 9.17) is 24.4 Å². The van der Waals surface area contributed by atoms with Crippen LogP contribution < -0.4 is 0 Å². The lowest BCUT2D eigenvalue weighted by molar-refractivity contribution is -0.136. The molecule has 0 atom stereocenters. The highest BCUT2D eigenvalue weighted by molar-refractivity contribution is 9.11. The van der Waals surface area contributed by atoms with Crippen molar-refractivity contribution >= 4 is 53.8 Å². The quantitative estimate of drug-likeness (QED) is 0.187. The molecule has 0 aliphatic carbocycles. The van der Waals surface area contributed by atoms with Crippen LogP contribution in [0.5, 0.6) is 0 Å². The van der Waals surface area contributed by atoms with E-state index >= 15 is 0 Å². The Kier molecular flexibility index (Phi) is 27.3. The summed E-state index contributed by atoms with van der Waals surface area (Å²) in [5.41, 5.74) is 3.71. The Bertz CT molecular complexity index is 1090. The Morgan fingerprint density at radius 1 is 0.652 bits per heavy atom. The van der Waals surface area contributed by atoms with Crippen LogP contribution in [-0.4, -0.2) is 62.4 Å². The van der Waals surface area contributed by atoms with Crippen LogP contribution >= 0.6 is 47.8 Å². The van der Waals surface area contributed by atoms with Crippen molar-refractivity contribution in [1.29, 1.82) is 0 Å². The number of aryl methyl sites for hydroxylation is 3. The number of carboxylic acid groups (broad SMARTS) is 1. The largest absolute Gasteiger partial charge is 0.481 e. The number of carboxylic acids is 1. The second kappa shape index (κ2) is 29.5. The first kappa shape index (κ1) is 42.4. The van der Waals surface area contributed by atoms with E-state index in [2.05, 4.69) is 84.2 Å². The second-order valence-corrected chi connectivity index (χ2v) is 13.3. The summed E-state index contributed by atoms with van der Waals surface area (Å²) < 4.78 is 18.4. The van der Waals surface area contributed by atoms with Gasteiger partial charge in [-0.05, 0) is 118 Å². The van der Waals surface area contributed by atoms with Crippen molar-refractivity contribution in [1.82, 2.24) is 0 Å². The number of rotatable bonds is 11. The molecule has 256 valence electrons. The first-order valence-corrected chi connectivity index (χ1v) is 18.5. The van der Waals surface area contributed by atoms with Crippen molar-refractivity contribution in [3.63, 3.8) is 0 Å². The molecule has 46 heavy (non-hydrogen) atoms. The molecule has 2 fully saturated rings. The van der Waals surface area contributed by atoms with E-state index in [9.17, 15) is 4.79 Å². The van der Waals surface area contributed by atoms with Crippen molar-refractivity contribution in [3.05, 3.63) is 103 Å². The van der Waals surface area contributed by atoms with Gasteiger partial charge >= 0.3 is 5.97 Å². The highest BCUT2D eigenvalue weighted by Crippen LogP contribution is 2.13. The molecular formula is C37H51Br3O6. The zero-order chi connectivity index (χ0) is 33.7. The van der Waals surface area contributed by atoms with E-state index < -0.39 is 5.97 Å². The van der Waals surface area contributed by atoms with Gasteiger partial charge in [-0.3, -0.25) is 4.79 Å². The molecule has 2 aliphatic rings. The van der Waals surface area contributed by atoms with Gasteiger partial charge in [-0.15, -0.1) is 0 Å². The maximum atomic E-state index is 10.2. The molecule has 0 saturated carbocycles. The molecule has 2 N–H and O–H groups in total. The predicted molar refractivity (Wildman–Crippen MR) is 199 cm³/mol. The number of ether oxygens (including phenoxy) is 3. The molecule has 0 spiro atoms. The van der Waals surface area contributed by atoms with E-state index in [0.29, 0.717) is 6.42 Å². The number of aliphatic carboxylic acids is 1. The van der Waals surface area contributed by atoms with Crippen molar-refractivity contribution in [2.75, 3.05) is 46.2 Å². The number of halogens is 3. The molecule has 0 aromatic heterocycles. The molecule has 0 amide bonds. The summed E-state index contributed by atoms with van der Waals surface area (Å²) in [6.07, 6.45) is 9.93. The highest BCUT2D eigenvalue weighted by Gasteiger charge is 1.98. The fourth-order valence-electron chi connectivity index (χ4n) is 4.03. The standard InChI is InChI=1S/C11H15BrO.C9H9BrO2.C9H11BrO.2C4H8O/c1-2-13-9-3-4-10-5-7-11(12)8-6-10;10-8-4-1-7(2-5-8)3-6-9(11)12;10-9-5-3-8(4-6-9)2-1-7-11;2*1-2-4-5-3-1/h5-8H,2-4,9H2,1H3;1-2,4-5H,3,6H2,(H,11,12);3-6,11H,1-2,7H2;2*1-4H2. The van der Waals surface area contributed by atoms with Gasteiger partial charge in [0.15, 0.2) is 0 Å². The van der Waals surface area contributed by atoms with Crippen LogP contribution in [0, 0.1) is 0 Å². The smallest absolute Gasteiger partial charge is 0.303 e. The second-order valence-electron chi connectivity index (χ2n) is 10.5. The van der Waals surface area contributed by atoms with Crippen molar-refractivity contribution < 1.29 is 29.2 Å². The van der Waals surface area contributed by atoms with Crippen LogP contribution in [0.15, 0.2) is 86.2 Å². The number of benzene rings is 3. The Morgan fingerprint density at radius 2 is 1.02 bits per heavy atom. The lowest BCUT2D eigenvalue weighted by atomic mass is 10.1. The lowest BCUT2D eigenvalue weighted by Crippen LogP contribution is -1.96. The van der Waals surface area contributed by atoms with Gasteiger partial charge in [0.2, 0.25) is 0 Å². The first-order valence-electron chi connectivity index (χ1n) is 16.1. The molecule has 6 nitrogen and oxygen atoms in total. The molecular weight excluding hydrogens is 780 g/mol. The van der Waals surface area contributed by atoms with Gasteiger partial charge in [-0.1, -0.05) is 84.2 Å². The SMILES string of the molecule is C1CCOC1.C1CCOC1.CCOCCCc1ccc(Br)cc1.O=C(O)CCc1ccc(Br)cc1.OCCCc1ccc(Br)cc1. The van der Waals surface area contributed by atoms with Crippen molar-refractivity contribution in [2.45, 2.75) is 71.1 Å². The van der Waals surface area contributed by atoms with Gasteiger partial charge in [0.25, 0.3) is 0 Å². The van der Waals surface area contributed by atoms with Crippen molar-refractivity contribution in [3.8, 4) is 0 Å². The minimum atomic E-state index is -0.752. The van der Waals surface area contributed by atoms with E-state index in [1.165, 1.54) is 36.8 Å². The third-order valence-electron chi connectivity index (χ3n) is 6.60. The van der Waals surface area contributed by atoms with Crippen LogP contribution in [0.2, 0.25) is 0 Å². The van der Waals surface area contributed by atoms with Gasteiger partial charge in [-0.25, -0.2) is 0 Å². The van der Waals surface area contributed by atoms with Crippen LogP contribution in [-0.2, 0) is 38.3 Å². The summed E-state index contributed by atoms with van der Waals surface area (Å²) in [5.74, 6) is -0.752. The summed E-state index contributed by atoms with van der Waals surface area (Å²) in [6, 6.07) is 24.3. The predicted octanol–water partition coefficient (Wildman–Crippen LogP) is 9.85. The van der Waals surface area contributed by atoms with E-state index in [1.54, 1.807) is 0 Å². The van der Waals surface area contributed by atoms with Crippen LogP contribution in [0.1, 0.15) is 68.6 Å². The monoisotopic (exact) mass is 828 g/mol. The van der Waals surface area contributed by atoms with E-state index in [1.807, 2.05) is 43.3 Å². The minimum Gasteiger partial charge on any atom is -0.481 e. The zero-order valence-electron chi connectivity index (χ0n) is 27.1. The van der Waals surface area contributed by atoms with Crippen molar-refractivity contribution in [2.24, 2.45) is 0 Å². The van der Waals surface area contributed by atoms with Crippen LogP contribution in [0.4, 0.5) is 0 Å². The van der Waals surface area contributed by atoms with E-state index in [0.717, 1.165) is 84.3 Å². The molecule has 3 aromatic rings. The lowest BCUT2D eigenvalue weighted by Gasteiger charge is -2.01. The van der Waals surface area contributed by atoms with E-state index in [-0.39, 0.29) is 13.0 Å². The zero-order valence-corrected chi connectivity index (χ0v) is 31.9. The first-order chi connectivity index (χ1) is 22.3. The summed E-state index contributed by atoms with van der Waals surface area (Å²) in [6.45, 7) is 7.99. The maximum Gasteiger partial charge on any atom is 0.303 e. The fourth-order valence-corrected chi connectivity index (χ4v) is 4.82. The Morgan fingerprint density at radius 3 is 1.33 bits per heavy atom. The Hall–Kier alpha value is -1.59. The number of carbonyl (C=O) groups is 1. The molecule has 0 unspecified atom stereocenters. The normalized spacial score (nSPS) is 13.1. The summed E-state index contributed by atoms with van der Waals surface area (Å²) in [5, 5.41) is 17.0. The minimum absolute atomic E-state index is 0.196. The Balaban J connectivity index is 0.000000300. The summed E-state index contributed by atoms with van der Waals surface area (Å²) in [4.78, 5) is 10.2. The fraction of sp³-hybridized carbons (Fsp3) is 0.486. The molecule has 2 saturated heterocycles. The molecule has 3 aromatic carbocycles. The van der Waals surface area contributed by atoms with Gasteiger partial charge in [0.05, 0.1) is 0 Å². The summed E-state index contributed by atoms with van der Waals surface area (Å²) in [7, 11) is 0. The van der Waals surface area contributed by atoms with Gasteiger partial charge in [-0.2, -0.15) is 0 Å². The average Bonchev–Trinajstić information content (AvgIpc) is 3.85. The molecule has 9 heteroatoms. The molecule has 0 bridgehead atoms. The Labute approximate surface area is 301 Å². The molecule has 2 heterocycles. The topological polar surface area (TPSA) is 85.2 Å². The third kappa shape index (κ3) is 25.5. The molecule has 0 radical (unpaired) electrons. The number of hydrogen-bond acceptors (Lipinski definition) is 5. The van der Waals surface area contributed by atoms with Crippen LogP contribution in [0.25, 0.3) is 0 Å². The number of hydrogen-bond donors (Lipinski definition) is 2. The van der Waals surface area contributed by atoms with Gasteiger partial charge < -0.3 is 24.4 Å². The highest BCUT2D eigenvalue weighted by atomic mass is 79.9. The van der Waals surface area contributed by atoms with Crippen LogP contribution in [0.3, 0.4) is 0 Å². The number of aliphatic hydroxyl groups excluding tert-OH is 1. The molecule has 5 rings (SSSR count). The van der Waals surface area contributed by atoms with Gasteiger partial charge in [0.1, 0.15) is 0 Å². The summed E-state index contributed by atoms with van der Waals surface area (Å²) >= 11 is 10.1. The third-order valence-corrected chi connectivity index (χ3v) is 8.19. The number of aliphatic hydroxyl groups is 1. The average molecular weight is 832 g/mol. The maximum absolute atomic E-state index is 10.2. The molecule has 2 aliphatic heterocycles.